The highest BCUT2D eigenvalue weighted by Gasteiger charge is 2.50. The summed E-state index contributed by atoms with van der Waals surface area (Å²) >= 11 is 1.20. The minimum Gasteiger partial charge on any atom is -0.448 e. The number of rotatable bonds is 5. The minimum absolute atomic E-state index is 0.0467. The second-order valence-electron chi connectivity index (χ2n) is 5.31. The van der Waals surface area contributed by atoms with E-state index in [1.54, 1.807) is 0 Å². The Morgan fingerprint density at radius 3 is 2.56 bits per heavy atom. The van der Waals surface area contributed by atoms with E-state index in [9.17, 15) is 18.8 Å². The summed E-state index contributed by atoms with van der Waals surface area (Å²) in [4.78, 5) is 36.4. The molecule has 0 bridgehead atoms. The molecule has 1 unspecified atom stereocenters. The van der Waals surface area contributed by atoms with Crippen LogP contribution >= 0.6 is 11.8 Å². The Labute approximate surface area is 146 Å². The van der Waals surface area contributed by atoms with Gasteiger partial charge in [0.15, 0.2) is 10.8 Å². The van der Waals surface area contributed by atoms with Crippen molar-refractivity contribution in [1.82, 2.24) is 4.90 Å². The molecule has 1 aromatic rings. The van der Waals surface area contributed by atoms with Gasteiger partial charge in [0.05, 0.1) is 11.8 Å². The quantitative estimate of drug-likeness (QED) is 0.448. The number of thioether (sulfide) groups is 1. The van der Waals surface area contributed by atoms with Crippen LogP contribution in [0.3, 0.4) is 0 Å². The molecule has 132 valence electrons. The van der Waals surface area contributed by atoms with Crippen LogP contribution < -0.4 is 4.74 Å². The average molecular weight is 367 g/mol. The van der Waals surface area contributed by atoms with Crippen LogP contribution in [0.5, 0.6) is 5.75 Å². The molecule has 1 saturated heterocycles. The van der Waals surface area contributed by atoms with E-state index < -0.39 is 24.0 Å². The lowest BCUT2D eigenvalue weighted by Gasteiger charge is -2.33. The molecule has 1 fully saturated rings. The van der Waals surface area contributed by atoms with Crippen LogP contribution in [0, 0.1) is 5.82 Å². The summed E-state index contributed by atoms with van der Waals surface area (Å²) in [7, 11) is 0. The van der Waals surface area contributed by atoms with Gasteiger partial charge < -0.3 is 14.2 Å². The van der Waals surface area contributed by atoms with Crippen molar-refractivity contribution in [3.8, 4) is 5.75 Å². The van der Waals surface area contributed by atoms with Gasteiger partial charge in [0.25, 0.3) is 0 Å². The van der Waals surface area contributed by atoms with E-state index in [1.165, 1.54) is 54.8 Å². The summed E-state index contributed by atoms with van der Waals surface area (Å²) < 4.78 is 28.4. The highest BCUT2D eigenvalue weighted by Crippen LogP contribution is 2.47. The van der Waals surface area contributed by atoms with Gasteiger partial charge in [-0.3, -0.25) is 14.5 Å². The second kappa shape index (κ2) is 6.75. The number of β-lactam (4-membered cyclic amide) rings is 1. The number of amides is 1. The fourth-order valence-corrected chi connectivity index (χ4v) is 3.60. The third-order valence-electron chi connectivity index (χ3n) is 3.41. The van der Waals surface area contributed by atoms with Crippen LogP contribution in [-0.4, -0.2) is 34.4 Å². The second-order valence-corrected chi connectivity index (χ2v) is 6.47. The van der Waals surface area contributed by atoms with Crippen molar-refractivity contribution in [2.75, 3.05) is 0 Å². The van der Waals surface area contributed by atoms with E-state index >= 15 is 0 Å². The Balaban J connectivity index is 1.81. The third kappa shape index (κ3) is 3.60. The topological polar surface area (TPSA) is 82.1 Å². The van der Waals surface area contributed by atoms with E-state index in [1.807, 2.05) is 0 Å². The first-order valence-corrected chi connectivity index (χ1v) is 8.27. The zero-order valence-electron chi connectivity index (χ0n) is 13.4. The summed E-state index contributed by atoms with van der Waals surface area (Å²) in [6, 6.07) is 5.25. The molecule has 2 heterocycles. The number of benzene rings is 1. The Morgan fingerprint density at radius 1 is 1.28 bits per heavy atom. The van der Waals surface area contributed by atoms with Gasteiger partial charge in [0, 0.05) is 13.8 Å². The molecule has 25 heavy (non-hydrogen) atoms. The van der Waals surface area contributed by atoms with E-state index in [0.29, 0.717) is 5.75 Å². The molecule has 0 saturated carbocycles. The molecule has 3 rings (SSSR count). The number of halogens is 1. The number of hydrogen-bond donors (Lipinski definition) is 0. The Kier molecular flexibility index (Phi) is 4.67. The maximum absolute atomic E-state index is 13.0. The molecule has 0 aromatic heterocycles. The van der Waals surface area contributed by atoms with Crippen molar-refractivity contribution in [2.45, 2.75) is 31.9 Å². The van der Waals surface area contributed by atoms with Crippen molar-refractivity contribution in [1.29, 1.82) is 0 Å². The Morgan fingerprint density at radius 2 is 1.96 bits per heavy atom. The summed E-state index contributed by atoms with van der Waals surface area (Å²) in [5, 5.41) is -0.0583. The van der Waals surface area contributed by atoms with E-state index in [-0.39, 0.29) is 28.5 Å². The van der Waals surface area contributed by atoms with Crippen molar-refractivity contribution < 1.29 is 33.0 Å². The number of carbonyl (C=O) groups excluding carboxylic acids is 3. The molecular formula is C16H14FNO6S. The SMILES string of the molecule is CC(=O)O[C@@H](C)OC(=O)C1=C(Oc2ccc(F)cc2)SC2CC(=O)N12. The number of fused-ring (bicyclic) bond motifs is 1. The Bertz CT molecular complexity index is 762. The smallest absolute Gasteiger partial charge is 0.362 e. The van der Waals surface area contributed by atoms with Crippen LogP contribution in [0.25, 0.3) is 0 Å². The van der Waals surface area contributed by atoms with Crippen molar-refractivity contribution in [3.05, 3.63) is 40.9 Å². The van der Waals surface area contributed by atoms with Crippen LogP contribution in [0.4, 0.5) is 4.39 Å². The monoisotopic (exact) mass is 367 g/mol. The van der Waals surface area contributed by atoms with Gasteiger partial charge >= 0.3 is 11.9 Å². The van der Waals surface area contributed by atoms with Crippen molar-refractivity contribution >= 4 is 29.6 Å². The molecule has 0 N–H and O–H groups in total. The minimum atomic E-state index is -1.11. The molecule has 0 spiro atoms. The van der Waals surface area contributed by atoms with E-state index in [0.717, 1.165) is 0 Å². The number of hydrogen-bond acceptors (Lipinski definition) is 7. The molecule has 2 aliphatic rings. The van der Waals surface area contributed by atoms with Gasteiger partial charge in [-0.1, -0.05) is 11.8 Å². The molecule has 2 aliphatic heterocycles. The predicted molar refractivity (Wildman–Crippen MR) is 84.2 cm³/mol. The summed E-state index contributed by atoms with van der Waals surface area (Å²) in [5.74, 6) is -1.78. The van der Waals surface area contributed by atoms with Gasteiger partial charge in [0.2, 0.25) is 12.2 Å². The summed E-state index contributed by atoms with van der Waals surface area (Å²) in [6.45, 7) is 2.57. The lowest BCUT2D eigenvalue weighted by atomic mass is 10.2. The molecule has 0 radical (unpaired) electrons. The van der Waals surface area contributed by atoms with Crippen molar-refractivity contribution in [2.24, 2.45) is 0 Å². The van der Waals surface area contributed by atoms with Gasteiger partial charge in [0.1, 0.15) is 11.6 Å². The largest absolute Gasteiger partial charge is 0.448 e. The first-order chi connectivity index (χ1) is 11.8. The lowest BCUT2D eigenvalue weighted by molar-refractivity contribution is -0.182. The number of carbonyl (C=O) groups is 3. The maximum Gasteiger partial charge on any atom is 0.362 e. The lowest BCUT2D eigenvalue weighted by Crippen LogP contribution is -2.49. The predicted octanol–water partition coefficient (Wildman–Crippen LogP) is 2.13. The Hall–Kier alpha value is -2.55. The van der Waals surface area contributed by atoms with Gasteiger partial charge in [-0.05, 0) is 24.3 Å². The van der Waals surface area contributed by atoms with Crippen LogP contribution in [-0.2, 0) is 23.9 Å². The number of nitrogens with zero attached hydrogens (tertiary/aromatic N) is 1. The van der Waals surface area contributed by atoms with Gasteiger partial charge in [-0.25, -0.2) is 9.18 Å². The molecule has 2 atom stereocenters. The van der Waals surface area contributed by atoms with E-state index in [2.05, 4.69) is 0 Å². The highest BCUT2D eigenvalue weighted by atomic mass is 32.2. The number of ether oxygens (including phenoxy) is 3. The molecule has 9 heteroatoms. The fourth-order valence-electron chi connectivity index (χ4n) is 2.36. The molecular weight excluding hydrogens is 353 g/mol. The third-order valence-corrected chi connectivity index (χ3v) is 4.55. The number of esters is 2. The van der Waals surface area contributed by atoms with Gasteiger partial charge in [-0.15, -0.1) is 0 Å². The van der Waals surface area contributed by atoms with Crippen LogP contribution in [0.1, 0.15) is 20.3 Å². The summed E-state index contributed by atoms with van der Waals surface area (Å²) in [6.07, 6.45) is -0.831. The molecule has 0 aliphatic carbocycles. The molecule has 1 amide bonds. The van der Waals surface area contributed by atoms with Crippen molar-refractivity contribution in [3.63, 3.8) is 0 Å². The standard InChI is InChI=1S/C16H14FNO6S/c1-8(19)22-9(2)23-15(21)14-16(25-13-7-12(20)18(13)14)24-11-5-3-10(17)4-6-11/h3-6,9,13H,7H2,1-2H3/t9-,13?/m1/s1. The zero-order valence-corrected chi connectivity index (χ0v) is 14.2. The summed E-state index contributed by atoms with van der Waals surface area (Å²) in [5.41, 5.74) is -0.0467. The molecule has 7 nitrogen and oxygen atoms in total. The van der Waals surface area contributed by atoms with Crippen LogP contribution in [0.2, 0.25) is 0 Å². The maximum atomic E-state index is 13.0. The zero-order chi connectivity index (χ0) is 18.1. The molecule has 1 aromatic carbocycles. The fraction of sp³-hybridized carbons (Fsp3) is 0.312. The van der Waals surface area contributed by atoms with Gasteiger partial charge in [-0.2, -0.15) is 0 Å². The van der Waals surface area contributed by atoms with Crippen LogP contribution in [0.15, 0.2) is 35.1 Å². The highest BCUT2D eigenvalue weighted by molar-refractivity contribution is 8.03. The first-order valence-electron chi connectivity index (χ1n) is 7.40. The normalized spacial score (nSPS) is 19.9. The first kappa shape index (κ1) is 17.3. The average Bonchev–Trinajstić information content (AvgIpc) is 2.81. The van der Waals surface area contributed by atoms with E-state index in [4.69, 9.17) is 14.2 Å².